The molecular formula is C22H35NO3. The highest BCUT2D eigenvalue weighted by molar-refractivity contribution is 5.77. The fourth-order valence-electron chi connectivity index (χ4n) is 2.91. The molecule has 1 rings (SSSR count). The quantitative estimate of drug-likeness (QED) is 0.378. The van der Waals surface area contributed by atoms with Crippen LogP contribution in [-0.4, -0.2) is 36.5 Å². The summed E-state index contributed by atoms with van der Waals surface area (Å²) in [7, 11) is 0. The van der Waals surface area contributed by atoms with E-state index in [4.69, 9.17) is 4.74 Å². The minimum absolute atomic E-state index is 0.151. The molecule has 0 aromatic heterocycles. The Balaban J connectivity index is 2.44. The SMILES string of the molecule is CCCCCCN(CCC(=O)OCC)C(=O)CCCc1ccc(C)cc1. The third-order valence-corrected chi connectivity index (χ3v) is 4.50. The molecule has 0 aliphatic rings. The van der Waals surface area contributed by atoms with Gasteiger partial charge in [0.2, 0.25) is 5.91 Å². The zero-order chi connectivity index (χ0) is 19.2. The van der Waals surface area contributed by atoms with E-state index < -0.39 is 0 Å². The van der Waals surface area contributed by atoms with Crippen LogP contribution in [-0.2, 0) is 20.7 Å². The molecule has 4 nitrogen and oxygen atoms in total. The minimum atomic E-state index is -0.224. The lowest BCUT2D eigenvalue weighted by molar-refractivity contribution is -0.144. The average Bonchev–Trinajstić information content (AvgIpc) is 2.63. The van der Waals surface area contributed by atoms with Crippen molar-refractivity contribution in [2.45, 2.75) is 72.1 Å². The molecule has 0 heterocycles. The van der Waals surface area contributed by atoms with Gasteiger partial charge in [0.15, 0.2) is 0 Å². The number of rotatable bonds is 13. The Hall–Kier alpha value is -1.84. The number of hydrogen-bond donors (Lipinski definition) is 0. The molecule has 0 spiro atoms. The smallest absolute Gasteiger partial charge is 0.307 e. The van der Waals surface area contributed by atoms with Gasteiger partial charge >= 0.3 is 5.97 Å². The van der Waals surface area contributed by atoms with Crippen LogP contribution in [0.3, 0.4) is 0 Å². The lowest BCUT2D eigenvalue weighted by Gasteiger charge is -2.22. The number of carbonyl (C=O) groups excluding carboxylic acids is 2. The van der Waals surface area contributed by atoms with E-state index in [0.29, 0.717) is 19.6 Å². The van der Waals surface area contributed by atoms with Crippen molar-refractivity contribution in [2.75, 3.05) is 19.7 Å². The van der Waals surface area contributed by atoms with E-state index >= 15 is 0 Å². The number of carbonyl (C=O) groups is 2. The topological polar surface area (TPSA) is 46.6 Å². The van der Waals surface area contributed by atoms with Crippen molar-refractivity contribution in [1.29, 1.82) is 0 Å². The van der Waals surface area contributed by atoms with E-state index in [0.717, 1.165) is 32.2 Å². The maximum Gasteiger partial charge on any atom is 0.307 e. The maximum atomic E-state index is 12.6. The summed E-state index contributed by atoms with van der Waals surface area (Å²) in [5.74, 6) is -0.0728. The van der Waals surface area contributed by atoms with Crippen LogP contribution in [0.15, 0.2) is 24.3 Å². The standard InChI is InChI=1S/C22H35NO3/c1-4-6-7-8-17-23(18-16-22(25)26-5-2)21(24)11-9-10-20-14-12-19(3)13-15-20/h12-15H,4-11,16-18H2,1-3H3. The summed E-state index contributed by atoms with van der Waals surface area (Å²) in [5, 5.41) is 0. The molecule has 0 radical (unpaired) electrons. The van der Waals surface area contributed by atoms with Crippen molar-refractivity contribution in [3.8, 4) is 0 Å². The average molecular weight is 362 g/mol. The van der Waals surface area contributed by atoms with Crippen LogP contribution < -0.4 is 0 Å². The second-order valence-corrected chi connectivity index (χ2v) is 6.84. The highest BCUT2D eigenvalue weighted by Gasteiger charge is 2.15. The monoisotopic (exact) mass is 361 g/mol. The number of nitrogens with zero attached hydrogens (tertiary/aromatic N) is 1. The molecule has 26 heavy (non-hydrogen) atoms. The predicted molar refractivity (Wildman–Crippen MR) is 106 cm³/mol. The molecule has 0 unspecified atom stereocenters. The summed E-state index contributed by atoms with van der Waals surface area (Å²) in [6.45, 7) is 7.65. The number of unbranched alkanes of at least 4 members (excludes halogenated alkanes) is 3. The Kier molecular flexibility index (Phi) is 11.4. The summed E-state index contributed by atoms with van der Waals surface area (Å²) >= 11 is 0. The van der Waals surface area contributed by atoms with Crippen LogP contribution in [0.4, 0.5) is 0 Å². The van der Waals surface area contributed by atoms with Gasteiger partial charge in [0.1, 0.15) is 0 Å². The third-order valence-electron chi connectivity index (χ3n) is 4.50. The highest BCUT2D eigenvalue weighted by atomic mass is 16.5. The van der Waals surface area contributed by atoms with Gasteiger partial charge in [-0.2, -0.15) is 0 Å². The van der Waals surface area contributed by atoms with Crippen LogP contribution in [0, 0.1) is 6.92 Å². The van der Waals surface area contributed by atoms with E-state index in [-0.39, 0.29) is 18.3 Å². The molecule has 0 atom stereocenters. The van der Waals surface area contributed by atoms with Gasteiger partial charge in [-0.1, -0.05) is 56.0 Å². The fourth-order valence-corrected chi connectivity index (χ4v) is 2.91. The Bertz CT molecular complexity index is 525. The largest absolute Gasteiger partial charge is 0.466 e. The van der Waals surface area contributed by atoms with E-state index in [9.17, 15) is 9.59 Å². The van der Waals surface area contributed by atoms with E-state index in [1.54, 1.807) is 6.92 Å². The van der Waals surface area contributed by atoms with Crippen LogP contribution >= 0.6 is 0 Å². The maximum absolute atomic E-state index is 12.6. The normalized spacial score (nSPS) is 10.6. The van der Waals surface area contributed by atoms with E-state index in [1.807, 2.05) is 4.90 Å². The Labute approximate surface area is 158 Å². The first kappa shape index (κ1) is 22.2. The molecule has 4 heteroatoms. The number of amides is 1. The molecule has 0 saturated heterocycles. The van der Waals surface area contributed by atoms with Crippen molar-refractivity contribution in [3.05, 3.63) is 35.4 Å². The first-order valence-electron chi connectivity index (χ1n) is 10.1. The molecule has 0 saturated carbocycles. The van der Waals surface area contributed by atoms with Gasteiger partial charge in [-0.15, -0.1) is 0 Å². The van der Waals surface area contributed by atoms with Gasteiger partial charge in [-0.05, 0) is 38.7 Å². The molecule has 0 fully saturated rings. The Morgan fingerprint density at radius 3 is 2.31 bits per heavy atom. The van der Waals surface area contributed by atoms with Crippen LogP contribution in [0.1, 0.15) is 69.9 Å². The zero-order valence-corrected chi connectivity index (χ0v) is 16.8. The first-order chi connectivity index (χ1) is 12.6. The van der Waals surface area contributed by atoms with E-state index in [2.05, 4.69) is 38.1 Å². The van der Waals surface area contributed by atoms with Crippen molar-refractivity contribution < 1.29 is 14.3 Å². The van der Waals surface area contributed by atoms with Gasteiger partial charge in [-0.25, -0.2) is 0 Å². The van der Waals surface area contributed by atoms with Crippen molar-refractivity contribution in [2.24, 2.45) is 0 Å². The Morgan fingerprint density at radius 1 is 0.923 bits per heavy atom. The van der Waals surface area contributed by atoms with Crippen LogP contribution in [0.25, 0.3) is 0 Å². The molecular weight excluding hydrogens is 326 g/mol. The van der Waals surface area contributed by atoms with Gasteiger partial charge in [0.05, 0.1) is 13.0 Å². The zero-order valence-electron chi connectivity index (χ0n) is 16.8. The molecule has 1 aromatic carbocycles. The summed E-state index contributed by atoms with van der Waals surface area (Å²) in [6.07, 6.45) is 7.06. The number of aryl methyl sites for hydroxylation is 2. The second kappa shape index (κ2) is 13.4. The number of benzene rings is 1. The number of hydrogen-bond acceptors (Lipinski definition) is 3. The summed E-state index contributed by atoms with van der Waals surface area (Å²) in [5.41, 5.74) is 2.52. The summed E-state index contributed by atoms with van der Waals surface area (Å²) < 4.78 is 4.99. The lowest BCUT2D eigenvalue weighted by Crippen LogP contribution is -2.34. The third kappa shape index (κ3) is 9.59. The van der Waals surface area contributed by atoms with Crippen LogP contribution in [0.2, 0.25) is 0 Å². The van der Waals surface area contributed by atoms with Crippen molar-refractivity contribution >= 4 is 11.9 Å². The number of esters is 1. The molecule has 1 aromatic rings. The second-order valence-electron chi connectivity index (χ2n) is 6.84. The van der Waals surface area contributed by atoms with Gasteiger partial charge in [0.25, 0.3) is 0 Å². The lowest BCUT2D eigenvalue weighted by atomic mass is 10.1. The molecule has 146 valence electrons. The van der Waals surface area contributed by atoms with Gasteiger partial charge < -0.3 is 9.64 Å². The summed E-state index contributed by atoms with van der Waals surface area (Å²) in [6, 6.07) is 8.47. The van der Waals surface area contributed by atoms with Crippen molar-refractivity contribution in [1.82, 2.24) is 4.90 Å². The first-order valence-corrected chi connectivity index (χ1v) is 10.1. The predicted octanol–water partition coefficient (Wildman–Crippen LogP) is 4.68. The van der Waals surface area contributed by atoms with E-state index in [1.165, 1.54) is 24.0 Å². The molecule has 0 bridgehead atoms. The molecule has 1 amide bonds. The van der Waals surface area contributed by atoms with Crippen LogP contribution in [0.5, 0.6) is 0 Å². The van der Waals surface area contributed by atoms with Crippen molar-refractivity contribution in [3.63, 3.8) is 0 Å². The highest BCUT2D eigenvalue weighted by Crippen LogP contribution is 2.10. The fraction of sp³-hybridized carbons (Fsp3) is 0.636. The molecule has 0 aliphatic heterocycles. The Morgan fingerprint density at radius 2 is 1.65 bits per heavy atom. The van der Waals surface area contributed by atoms with Gasteiger partial charge in [-0.3, -0.25) is 9.59 Å². The summed E-state index contributed by atoms with van der Waals surface area (Å²) in [4.78, 5) is 26.1. The molecule has 0 N–H and O–H groups in total. The van der Waals surface area contributed by atoms with Gasteiger partial charge in [0, 0.05) is 19.5 Å². The number of ether oxygens (including phenoxy) is 1. The molecule has 0 aliphatic carbocycles. The minimum Gasteiger partial charge on any atom is -0.466 e.